The van der Waals surface area contributed by atoms with Crippen molar-refractivity contribution in [2.45, 2.75) is 18.6 Å². The van der Waals surface area contributed by atoms with Crippen LogP contribution in [-0.4, -0.2) is 65.2 Å². The van der Waals surface area contributed by atoms with Crippen molar-refractivity contribution in [3.05, 3.63) is 34.4 Å². The number of amides is 1. The van der Waals surface area contributed by atoms with Crippen LogP contribution in [0.25, 0.3) is 10.9 Å². The number of benzene rings is 1. The zero-order chi connectivity index (χ0) is 19.0. The molecule has 1 fully saturated rings. The van der Waals surface area contributed by atoms with Crippen LogP contribution in [0.15, 0.2) is 29.4 Å². The smallest absolute Gasteiger partial charge is 0.251 e. The molecule has 1 saturated heterocycles. The van der Waals surface area contributed by atoms with Gasteiger partial charge in [0.1, 0.15) is 12.4 Å². The lowest BCUT2D eigenvalue weighted by Crippen LogP contribution is -2.37. The third kappa shape index (κ3) is 3.81. The highest BCUT2D eigenvalue weighted by molar-refractivity contribution is 6.45. The highest BCUT2D eigenvalue weighted by Crippen LogP contribution is 2.30. The zero-order valence-corrected chi connectivity index (χ0v) is 15.8. The van der Waals surface area contributed by atoms with Gasteiger partial charge in [-0.05, 0) is 18.6 Å². The van der Waals surface area contributed by atoms with E-state index in [1.54, 1.807) is 23.2 Å². The lowest BCUT2D eigenvalue weighted by Gasteiger charge is -2.17. The molecule has 2 aliphatic heterocycles. The minimum absolute atomic E-state index is 0.0981. The topological polar surface area (TPSA) is 84.2 Å². The normalized spacial score (nSPS) is 22.0. The average Bonchev–Trinajstić information content (AvgIpc) is 3.32. The van der Waals surface area contributed by atoms with Gasteiger partial charge < -0.3 is 19.5 Å². The number of carbonyl (C=O) groups excluding carboxylic acids is 1. The molecule has 2 aliphatic rings. The van der Waals surface area contributed by atoms with Gasteiger partial charge in [0.15, 0.2) is 12.6 Å². The van der Waals surface area contributed by atoms with Crippen LogP contribution in [0.4, 0.5) is 0 Å². The number of halogens is 2. The first kappa shape index (κ1) is 18.3. The van der Waals surface area contributed by atoms with Crippen molar-refractivity contribution in [1.29, 1.82) is 0 Å². The Labute approximate surface area is 165 Å². The number of aliphatic imine (C=N–C) groups is 1. The van der Waals surface area contributed by atoms with Gasteiger partial charge in [-0.3, -0.25) is 9.78 Å². The highest BCUT2D eigenvalue weighted by atomic mass is 35.5. The first-order valence-electron chi connectivity index (χ1n) is 8.54. The molecule has 0 bridgehead atoms. The van der Waals surface area contributed by atoms with E-state index in [1.807, 2.05) is 6.07 Å². The number of nitrogens with zero attached hydrogens (tertiary/aromatic N) is 3. The number of fused-ring (bicyclic) bond motifs is 1. The van der Waals surface area contributed by atoms with E-state index in [1.165, 1.54) is 0 Å². The lowest BCUT2D eigenvalue weighted by molar-refractivity contribution is -0.132. The summed E-state index contributed by atoms with van der Waals surface area (Å²) in [5.74, 6) is 0.771. The molecule has 0 aliphatic carbocycles. The van der Waals surface area contributed by atoms with E-state index in [9.17, 15) is 9.90 Å². The Morgan fingerprint density at radius 2 is 2.26 bits per heavy atom. The maximum atomic E-state index is 12.4. The van der Waals surface area contributed by atoms with Crippen LogP contribution in [0.5, 0.6) is 5.75 Å². The summed E-state index contributed by atoms with van der Waals surface area (Å²) >= 11 is 12.1. The van der Waals surface area contributed by atoms with Gasteiger partial charge in [0, 0.05) is 18.5 Å². The Hall–Kier alpha value is -2.09. The van der Waals surface area contributed by atoms with Crippen molar-refractivity contribution in [2.24, 2.45) is 4.99 Å². The number of hydrogen-bond acceptors (Lipinski definition) is 6. The van der Waals surface area contributed by atoms with Crippen molar-refractivity contribution in [3.63, 3.8) is 0 Å². The summed E-state index contributed by atoms with van der Waals surface area (Å²) in [5, 5.41) is 11.2. The minimum Gasteiger partial charge on any atom is -0.482 e. The minimum atomic E-state index is -0.579. The standard InChI is InChI=1S/C18H17Cl2N3O4/c19-13-2-1-10-5-12(6-21-17(10)16(13)20)26-9-15-22-14(8-27-15)18(25)23-4-3-11(24)7-23/h1-2,5-6,11,14,24H,3-4,7-9H2. The Morgan fingerprint density at radius 3 is 3.04 bits per heavy atom. The van der Waals surface area contributed by atoms with Crippen LogP contribution in [0.3, 0.4) is 0 Å². The summed E-state index contributed by atoms with van der Waals surface area (Å²) in [6.07, 6.45) is 1.70. The van der Waals surface area contributed by atoms with Crippen LogP contribution >= 0.6 is 23.2 Å². The van der Waals surface area contributed by atoms with E-state index >= 15 is 0 Å². The molecule has 1 aromatic carbocycles. The molecule has 2 unspecified atom stereocenters. The monoisotopic (exact) mass is 409 g/mol. The molecule has 27 heavy (non-hydrogen) atoms. The van der Waals surface area contributed by atoms with E-state index in [-0.39, 0.29) is 19.1 Å². The Morgan fingerprint density at radius 1 is 1.41 bits per heavy atom. The number of pyridine rings is 1. The van der Waals surface area contributed by atoms with E-state index in [2.05, 4.69) is 9.98 Å². The van der Waals surface area contributed by atoms with Crippen molar-refractivity contribution < 1.29 is 19.4 Å². The molecule has 2 aromatic rings. The third-order valence-corrected chi connectivity index (χ3v) is 5.34. The summed E-state index contributed by atoms with van der Waals surface area (Å²) in [6.45, 7) is 1.19. The van der Waals surface area contributed by atoms with Gasteiger partial charge in [-0.25, -0.2) is 4.99 Å². The van der Waals surface area contributed by atoms with E-state index in [0.29, 0.717) is 46.7 Å². The molecule has 0 saturated carbocycles. The maximum Gasteiger partial charge on any atom is 0.251 e. The first-order valence-corrected chi connectivity index (χ1v) is 9.30. The number of aliphatic hydroxyl groups is 1. The second-order valence-corrected chi connectivity index (χ2v) is 7.25. The summed E-state index contributed by atoms with van der Waals surface area (Å²) in [7, 11) is 0. The summed E-state index contributed by atoms with van der Waals surface area (Å²) in [4.78, 5) is 22.6. The lowest BCUT2D eigenvalue weighted by atomic mass is 10.2. The Balaban J connectivity index is 1.39. The molecule has 142 valence electrons. The number of β-amino-alcohol motifs (C(OH)–C–C–N with tert-alkyl or cyclic N) is 1. The molecule has 4 rings (SSSR count). The predicted octanol–water partition coefficient (Wildman–Crippen LogP) is 2.31. The van der Waals surface area contributed by atoms with Crippen LogP contribution in [-0.2, 0) is 9.53 Å². The molecule has 1 N–H and O–H groups in total. The Kier molecular flexibility index (Phi) is 5.08. The zero-order valence-electron chi connectivity index (χ0n) is 14.3. The van der Waals surface area contributed by atoms with Gasteiger partial charge in [-0.1, -0.05) is 29.3 Å². The van der Waals surface area contributed by atoms with Crippen LogP contribution in [0, 0.1) is 0 Å². The molecule has 1 aromatic heterocycles. The fourth-order valence-corrected chi connectivity index (χ4v) is 3.50. The number of aliphatic hydroxyl groups excluding tert-OH is 1. The number of ether oxygens (including phenoxy) is 2. The summed E-state index contributed by atoms with van der Waals surface area (Å²) in [5.41, 5.74) is 0.601. The van der Waals surface area contributed by atoms with Crippen molar-refractivity contribution in [1.82, 2.24) is 9.88 Å². The van der Waals surface area contributed by atoms with Crippen molar-refractivity contribution >= 4 is 45.9 Å². The van der Waals surface area contributed by atoms with Crippen LogP contribution in [0.1, 0.15) is 6.42 Å². The van der Waals surface area contributed by atoms with E-state index < -0.39 is 12.1 Å². The number of likely N-dealkylation sites (tertiary alicyclic amines) is 1. The summed E-state index contributed by atoms with van der Waals surface area (Å²) < 4.78 is 11.2. The average molecular weight is 410 g/mol. The molecule has 0 spiro atoms. The second-order valence-electron chi connectivity index (χ2n) is 6.47. The molecule has 9 heteroatoms. The number of rotatable bonds is 4. The second kappa shape index (κ2) is 7.50. The number of aromatic nitrogens is 1. The quantitative estimate of drug-likeness (QED) is 0.837. The van der Waals surface area contributed by atoms with Crippen molar-refractivity contribution in [2.75, 3.05) is 26.3 Å². The highest BCUT2D eigenvalue weighted by Gasteiger charge is 2.33. The number of hydrogen-bond donors (Lipinski definition) is 1. The van der Waals surface area contributed by atoms with E-state index in [4.69, 9.17) is 32.7 Å². The fraction of sp³-hybridized carbons (Fsp3) is 0.389. The molecule has 7 nitrogen and oxygen atoms in total. The van der Waals surface area contributed by atoms with Gasteiger partial charge in [-0.2, -0.15) is 0 Å². The molecule has 2 atom stereocenters. The maximum absolute atomic E-state index is 12.4. The fourth-order valence-electron chi connectivity index (χ4n) is 3.13. The molecule has 0 radical (unpaired) electrons. The third-order valence-electron chi connectivity index (χ3n) is 4.55. The molecular weight excluding hydrogens is 393 g/mol. The van der Waals surface area contributed by atoms with Gasteiger partial charge >= 0.3 is 0 Å². The van der Waals surface area contributed by atoms with Gasteiger partial charge in [0.05, 0.1) is 27.9 Å². The molecular formula is C18H17Cl2N3O4. The first-order chi connectivity index (χ1) is 13.0. The predicted molar refractivity (Wildman–Crippen MR) is 102 cm³/mol. The van der Waals surface area contributed by atoms with E-state index in [0.717, 1.165) is 5.39 Å². The van der Waals surface area contributed by atoms with Crippen LogP contribution < -0.4 is 4.74 Å². The molecule has 3 heterocycles. The van der Waals surface area contributed by atoms with Gasteiger partial charge in [0.25, 0.3) is 5.91 Å². The van der Waals surface area contributed by atoms with Crippen LogP contribution in [0.2, 0.25) is 10.0 Å². The van der Waals surface area contributed by atoms with Crippen molar-refractivity contribution in [3.8, 4) is 5.75 Å². The largest absolute Gasteiger partial charge is 0.482 e. The Bertz CT molecular complexity index is 921. The summed E-state index contributed by atoms with van der Waals surface area (Å²) in [6, 6.07) is 4.73. The van der Waals surface area contributed by atoms with Gasteiger partial charge in [-0.15, -0.1) is 0 Å². The SMILES string of the molecule is O=C(C1COC(COc2cnc3c(Cl)c(Cl)ccc3c2)=N1)N1CCC(O)C1. The number of carbonyl (C=O) groups is 1. The molecule has 1 amide bonds. The van der Waals surface area contributed by atoms with Gasteiger partial charge in [0.2, 0.25) is 5.90 Å².